The fourth-order valence-electron chi connectivity index (χ4n) is 2.34. The molecular weight excluding hydrogens is 421 g/mol. The molecule has 0 heterocycles. The Morgan fingerprint density at radius 3 is 2.32 bits per heavy atom. The van der Waals surface area contributed by atoms with E-state index in [1.165, 1.54) is 0 Å². The van der Waals surface area contributed by atoms with Gasteiger partial charge >= 0.3 is 0 Å². The Balaban J connectivity index is 1.81. The molecule has 0 aliphatic carbocycles. The number of nitrogens with one attached hydrogen (secondary N) is 1. The van der Waals surface area contributed by atoms with Crippen molar-refractivity contribution in [2.24, 2.45) is 10.7 Å². The molecule has 0 saturated heterocycles. The van der Waals surface area contributed by atoms with Crippen LogP contribution in [0, 0.1) is 3.57 Å². The lowest BCUT2D eigenvalue weighted by atomic mass is 10.1. The Labute approximate surface area is 161 Å². The van der Waals surface area contributed by atoms with E-state index in [2.05, 4.69) is 57.2 Å². The third-order valence-electron chi connectivity index (χ3n) is 3.57. The number of benzene rings is 3. The molecule has 25 heavy (non-hydrogen) atoms. The van der Waals surface area contributed by atoms with Crippen LogP contribution in [0.5, 0.6) is 0 Å². The van der Waals surface area contributed by atoms with Crippen molar-refractivity contribution < 1.29 is 0 Å². The number of hydrogen-bond acceptors (Lipinski definition) is 1. The van der Waals surface area contributed by atoms with Gasteiger partial charge in [-0.05, 0) is 51.9 Å². The minimum Gasteiger partial charge on any atom is -0.369 e. The summed E-state index contributed by atoms with van der Waals surface area (Å²) >= 11 is 2.25. The van der Waals surface area contributed by atoms with Gasteiger partial charge in [-0.15, -0.1) is 0 Å². The summed E-state index contributed by atoms with van der Waals surface area (Å²) in [6, 6.07) is 26.1. The van der Waals surface area contributed by atoms with Gasteiger partial charge in [0.15, 0.2) is 5.96 Å². The first kappa shape index (κ1) is 17.2. The molecule has 3 N–H and O–H groups in total. The van der Waals surface area contributed by atoms with E-state index >= 15 is 0 Å². The van der Waals surface area contributed by atoms with Crippen LogP contribution in [0.2, 0.25) is 0 Å². The average Bonchev–Trinajstić information content (AvgIpc) is 2.64. The molecule has 0 atom stereocenters. The number of anilines is 1. The second-order valence-electron chi connectivity index (χ2n) is 5.40. The molecule has 0 radical (unpaired) electrons. The highest BCUT2D eigenvalue weighted by Gasteiger charge is 2.02. The number of hydrogen-bond donors (Lipinski definition) is 2. The zero-order chi connectivity index (χ0) is 17.5. The minimum atomic E-state index is 0.365. The summed E-state index contributed by atoms with van der Waals surface area (Å²) < 4.78 is 1.06. The van der Waals surface area contributed by atoms with Gasteiger partial charge in [-0.3, -0.25) is 0 Å². The number of aliphatic imine (C=N–C) groups is 1. The monoisotopic (exact) mass is 439 g/mol. The first-order chi connectivity index (χ1) is 12.2. The van der Waals surface area contributed by atoms with Crippen molar-refractivity contribution in [1.29, 1.82) is 0 Å². The van der Waals surface area contributed by atoms with E-state index in [-0.39, 0.29) is 0 Å². The molecule has 0 fully saturated rings. The lowest BCUT2D eigenvalue weighted by Gasteiger charge is -2.09. The Kier molecular flexibility index (Phi) is 5.85. The van der Waals surface area contributed by atoms with Crippen LogP contribution in [0.3, 0.4) is 0 Å². The lowest BCUT2D eigenvalue weighted by Crippen LogP contribution is -2.22. The molecule has 3 aromatic rings. The van der Waals surface area contributed by atoms with E-state index in [0.717, 1.165) is 26.1 Å². The Morgan fingerprint density at radius 2 is 1.52 bits per heavy atom. The summed E-state index contributed by atoms with van der Waals surface area (Å²) in [6.07, 6.45) is 4.14. The Morgan fingerprint density at radius 1 is 0.840 bits per heavy atom. The van der Waals surface area contributed by atoms with Crippen molar-refractivity contribution in [3.8, 4) is 0 Å². The second kappa shape index (κ2) is 8.48. The maximum atomic E-state index is 6.09. The molecule has 0 aliphatic heterocycles. The van der Waals surface area contributed by atoms with Crippen molar-refractivity contribution in [3.63, 3.8) is 0 Å². The van der Waals surface area contributed by atoms with E-state index in [9.17, 15) is 0 Å². The highest BCUT2D eigenvalue weighted by Crippen LogP contribution is 2.22. The zero-order valence-electron chi connectivity index (χ0n) is 13.6. The van der Waals surface area contributed by atoms with Crippen LogP contribution in [-0.2, 0) is 0 Å². The van der Waals surface area contributed by atoms with Gasteiger partial charge in [0.25, 0.3) is 0 Å². The van der Waals surface area contributed by atoms with Gasteiger partial charge in [-0.1, -0.05) is 72.8 Å². The van der Waals surface area contributed by atoms with Crippen molar-refractivity contribution in [1.82, 2.24) is 0 Å². The second-order valence-corrected chi connectivity index (χ2v) is 6.57. The topological polar surface area (TPSA) is 50.4 Å². The fourth-order valence-corrected chi connectivity index (χ4v) is 2.85. The molecule has 3 aromatic carbocycles. The molecule has 0 bridgehead atoms. The van der Waals surface area contributed by atoms with Gasteiger partial charge in [0.05, 0.1) is 5.69 Å². The molecule has 0 amide bonds. The number of halogens is 1. The minimum absolute atomic E-state index is 0.365. The normalized spacial score (nSPS) is 11.6. The third kappa shape index (κ3) is 4.93. The van der Waals surface area contributed by atoms with Gasteiger partial charge in [-0.2, -0.15) is 0 Å². The summed E-state index contributed by atoms with van der Waals surface area (Å²) in [5, 5.41) is 3.20. The molecule has 0 unspecified atom stereocenters. The van der Waals surface area contributed by atoms with Crippen molar-refractivity contribution in [2.45, 2.75) is 0 Å². The molecule has 0 saturated carbocycles. The van der Waals surface area contributed by atoms with Crippen LogP contribution >= 0.6 is 22.6 Å². The smallest absolute Gasteiger partial charge is 0.198 e. The van der Waals surface area contributed by atoms with Crippen LogP contribution in [0.15, 0.2) is 83.9 Å². The van der Waals surface area contributed by atoms with Gasteiger partial charge in [0.2, 0.25) is 0 Å². The molecule has 0 aromatic heterocycles. The number of nitrogens with zero attached hydrogens (tertiary/aromatic N) is 1. The van der Waals surface area contributed by atoms with Crippen molar-refractivity contribution >= 4 is 52.1 Å². The maximum absolute atomic E-state index is 6.09. The van der Waals surface area contributed by atoms with Crippen molar-refractivity contribution in [3.05, 3.63) is 93.6 Å². The number of para-hydroxylation sites is 2. The first-order valence-electron chi connectivity index (χ1n) is 7.90. The molecular formula is C21H18IN3. The summed E-state index contributed by atoms with van der Waals surface area (Å²) in [5.41, 5.74) is 10.1. The largest absolute Gasteiger partial charge is 0.369 e. The number of rotatable bonds is 4. The highest BCUT2D eigenvalue weighted by molar-refractivity contribution is 14.1. The summed E-state index contributed by atoms with van der Waals surface area (Å²) in [4.78, 5) is 4.46. The van der Waals surface area contributed by atoms with E-state index in [0.29, 0.717) is 5.96 Å². The Bertz CT molecular complexity index is 902. The first-order valence-corrected chi connectivity index (χ1v) is 8.98. The molecule has 0 aliphatic rings. The summed E-state index contributed by atoms with van der Waals surface area (Å²) in [5.74, 6) is 0.365. The molecule has 3 nitrogen and oxygen atoms in total. The van der Waals surface area contributed by atoms with Gasteiger partial charge in [0, 0.05) is 9.26 Å². The maximum Gasteiger partial charge on any atom is 0.198 e. The molecule has 124 valence electrons. The number of nitrogens with two attached hydrogens (primary N) is 1. The van der Waals surface area contributed by atoms with Crippen LogP contribution in [0.1, 0.15) is 11.1 Å². The molecule has 4 heteroatoms. The van der Waals surface area contributed by atoms with Gasteiger partial charge in [0.1, 0.15) is 0 Å². The summed E-state index contributed by atoms with van der Waals surface area (Å²) in [7, 11) is 0. The zero-order valence-corrected chi connectivity index (χ0v) is 15.7. The van der Waals surface area contributed by atoms with E-state index in [1.54, 1.807) is 0 Å². The van der Waals surface area contributed by atoms with E-state index in [4.69, 9.17) is 5.73 Å². The van der Waals surface area contributed by atoms with E-state index < -0.39 is 0 Å². The van der Waals surface area contributed by atoms with Crippen LogP contribution < -0.4 is 11.1 Å². The van der Waals surface area contributed by atoms with Crippen LogP contribution in [0.4, 0.5) is 11.4 Å². The third-order valence-corrected chi connectivity index (χ3v) is 4.48. The SMILES string of the molecule is NC(=Nc1ccccc1I)Nc1ccccc1/C=C/c1ccccc1. The summed E-state index contributed by atoms with van der Waals surface area (Å²) in [6.45, 7) is 0. The van der Waals surface area contributed by atoms with Gasteiger partial charge < -0.3 is 11.1 Å². The van der Waals surface area contributed by atoms with Crippen LogP contribution in [0.25, 0.3) is 12.2 Å². The van der Waals surface area contributed by atoms with Crippen molar-refractivity contribution in [2.75, 3.05) is 5.32 Å². The molecule has 0 spiro atoms. The predicted molar refractivity (Wildman–Crippen MR) is 116 cm³/mol. The van der Waals surface area contributed by atoms with Crippen LogP contribution in [-0.4, -0.2) is 5.96 Å². The highest BCUT2D eigenvalue weighted by atomic mass is 127. The van der Waals surface area contributed by atoms with E-state index in [1.807, 2.05) is 66.7 Å². The lowest BCUT2D eigenvalue weighted by molar-refractivity contribution is 1.42. The average molecular weight is 439 g/mol. The van der Waals surface area contributed by atoms with Gasteiger partial charge in [-0.25, -0.2) is 4.99 Å². The molecule has 3 rings (SSSR count). The Hall–Kier alpha value is -2.60. The predicted octanol–water partition coefficient (Wildman–Crippen LogP) is 5.52. The quantitative estimate of drug-likeness (QED) is 0.244. The fraction of sp³-hybridized carbons (Fsp3) is 0. The number of guanidine groups is 1. The standard InChI is InChI=1S/C21H18IN3/c22-18-11-5-7-13-20(18)25-21(23)24-19-12-6-4-10-17(19)15-14-16-8-2-1-3-9-16/h1-15H,(H3,23,24,25)/b15-14+.